The molecule has 1 atom stereocenters. The summed E-state index contributed by atoms with van der Waals surface area (Å²) in [6, 6.07) is 18.6. The maximum atomic E-state index is 5.91. The average Bonchev–Trinajstić information content (AvgIpc) is 2.48. The lowest BCUT2D eigenvalue weighted by molar-refractivity contribution is 0.189. The molecule has 0 fully saturated rings. The van der Waals surface area contributed by atoms with E-state index in [1.165, 1.54) is 11.1 Å². The monoisotopic (exact) mass is 255 g/mol. The molecule has 0 aromatic heterocycles. The molecule has 2 nitrogen and oxygen atoms in total. The Morgan fingerprint density at radius 2 is 1.58 bits per heavy atom. The van der Waals surface area contributed by atoms with Crippen LogP contribution >= 0.6 is 0 Å². The highest BCUT2D eigenvalue weighted by Crippen LogP contribution is 2.23. The van der Waals surface area contributed by atoms with Gasteiger partial charge >= 0.3 is 0 Å². The minimum atomic E-state index is 0.215. The van der Waals surface area contributed by atoms with Crippen molar-refractivity contribution in [3.8, 4) is 16.9 Å². The molecule has 0 heterocycles. The minimum Gasteiger partial charge on any atom is -0.490 e. The van der Waals surface area contributed by atoms with Crippen LogP contribution in [0.25, 0.3) is 11.1 Å². The highest BCUT2D eigenvalue weighted by atomic mass is 16.5. The third kappa shape index (κ3) is 3.83. The Morgan fingerprint density at radius 1 is 0.947 bits per heavy atom. The van der Waals surface area contributed by atoms with Gasteiger partial charge in [0.05, 0.1) is 6.10 Å². The molecule has 19 heavy (non-hydrogen) atoms. The van der Waals surface area contributed by atoms with Gasteiger partial charge in [0, 0.05) is 0 Å². The lowest BCUT2D eigenvalue weighted by Gasteiger charge is -2.16. The molecule has 100 valence electrons. The molecule has 2 heteroatoms. The van der Waals surface area contributed by atoms with Crippen molar-refractivity contribution in [2.24, 2.45) is 5.73 Å². The van der Waals surface area contributed by atoms with Crippen LogP contribution in [0.5, 0.6) is 5.75 Å². The van der Waals surface area contributed by atoms with Crippen molar-refractivity contribution in [3.63, 3.8) is 0 Å². The van der Waals surface area contributed by atoms with E-state index in [1.54, 1.807) is 0 Å². The van der Waals surface area contributed by atoms with E-state index in [-0.39, 0.29) is 6.10 Å². The first-order chi connectivity index (χ1) is 9.33. The van der Waals surface area contributed by atoms with Crippen molar-refractivity contribution in [2.75, 3.05) is 6.54 Å². The second-order valence-electron chi connectivity index (χ2n) is 4.62. The zero-order chi connectivity index (χ0) is 13.5. The maximum absolute atomic E-state index is 5.91. The smallest absolute Gasteiger partial charge is 0.119 e. The molecule has 2 rings (SSSR count). The number of rotatable bonds is 6. The predicted molar refractivity (Wildman–Crippen MR) is 80.3 cm³/mol. The van der Waals surface area contributed by atoms with Crippen molar-refractivity contribution < 1.29 is 4.74 Å². The highest BCUT2D eigenvalue weighted by molar-refractivity contribution is 5.63. The van der Waals surface area contributed by atoms with E-state index in [4.69, 9.17) is 10.5 Å². The molecule has 0 saturated heterocycles. The van der Waals surface area contributed by atoms with E-state index >= 15 is 0 Å². The van der Waals surface area contributed by atoms with Gasteiger partial charge in [0.25, 0.3) is 0 Å². The Hall–Kier alpha value is -1.80. The van der Waals surface area contributed by atoms with Gasteiger partial charge in [-0.05, 0) is 42.6 Å². The SMILES string of the molecule is CCC(CCN)Oc1ccc(-c2ccccc2)cc1. The lowest BCUT2D eigenvalue weighted by Crippen LogP contribution is -2.19. The quantitative estimate of drug-likeness (QED) is 0.850. The van der Waals surface area contributed by atoms with Gasteiger partial charge in [-0.3, -0.25) is 0 Å². The van der Waals surface area contributed by atoms with Crippen LogP contribution in [0, 0.1) is 0 Å². The molecular formula is C17H21NO. The predicted octanol–water partition coefficient (Wildman–Crippen LogP) is 3.86. The van der Waals surface area contributed by atoms with Gasteiger partial charge in [0.1, 0.15) is 5.75 Å². The van der Waals surface area contributed by atoms with Crippen molar-refractivity contribution in [3.05, 3.63) is 54.6 Å². The zero-order valence-corrected chi connectivity index (χ0v) is 11.4. The second-order valence-corrected chi connectivity index (χ2v) is 4.62. The summed E-state index contributed by atoms with van der Waals surface area (Å²) in [4.78, 5) is 0. The van der Waals surface area contributed by atoms with Crippen LogP contribution in [-0.4, -0.2) is 12.6 Å². The van der Waals surface area contributed by atoms with Gasteiger partial charge in [-0.15, -0.1) is 0 Å². The second kappa shape index (κ2) is 6.95. The number of hydrogen-bond acceptors (Lipinski definition) is 2. The third-order valence-corrected chi connectivity index (χ3v) is 3.21. The Morgan fingerprint density at radius 3 is 2.16 bits per heavy atom. The van der Waals surface area contributed by atoms with Crippen molar-refractivity contribution in [1.29, 1.82) is 0 Å². The van der Waals surface area contributed by atoms with E-state index in [9.17, 15) is 0 Å². The minimum absolute atomic E-state index is 0.215. The molecule has 0 aliphatic heterocycles. The first kappa shape index (κ1) is 13.6. The summed E-state index contributed by atoms with van der Waals surface area (Å²) in [7, 11) is 0. The topological polar surface area (TPSA) is 35.2 Å². The summed E-state index contributed by atoms with van der Waals surface area (Å²) < 4.78 is 5.91. The number of benzene rings is 2. The van der Waals surface area contributed by atoms with Crippen molar-refractivity contribution in [2.45, 2.75) is 25.9 Å². The fourth-order valence-corrected chi connectivity index (χ4v) is 2.08. The molecule has 0 radical (unpaired) electrons. The summed E-state index contributed by atoms with van der Waals surface area (Å²) in [5.74, 6) is 0.917. The normalized spacial score (nSPS) is 12.1. The molecular weight excluding hydrogens is 234 g/mol. The summed E-state index contributed by atoms with van der Waals surface area (Å²) in [6.45, 7) is 2.79. The number of ether oxygens (including phenoxy) is 1. The first-order valence-corrected chi connectivity index (χ1v) is 6.85. The summed E-state index contributed by atoms with van der Waals surface area (Å²) >= 11 is 0. The van der Waals surface area contributed by atoms with Crippen LogP contribution in [0.2, 0.25) is 0 Å². The molecule has 0 amide bonds. The lowest BCUT2D eigenvalue weighted by atomic mass is 10.1. The van der Waals surface area contributed by atoms with Gasteiger partial charge in [0.15, 0.2) is 0 Å². The van der Waals surface area contributed by atoms with Crippen LogP contribution in [0.4, 0.5) is 0 Å². The molecule has 0 aliphatic carbocycles. The molecule has 2 N–H and O–H groups in total. The van der Waals surface area contributed by atoms with Crippen LogP contribution in [0.1, 0.15) is 19.8 Å². The standard InChI is InChI=1S/C17H21NO/c1-2-16(12-13-18)19-17-10-8-15(9-11-17)14-6-4-3-5-7-14/h3-11,16H,2,12-13,18H2,1H3. The van der Waals surface area contributed by atoms with Gasteiger partial charge in [-0.25, -0.2) is 0 Å². The largest absolute Gasteiger partial charge is 0.490 e. The summed E-state index contributed by atoms with van der Waals surface area (Å²) in [6.07, 6.45) is 2.10. The molecule has 1 unspecified atom stereocenters. The Labute approximate surface area is 115 Å². The first-order valence-electron chi connectivity index (χ1n) is 6.85. The third-order valence-electron chi connectivity index (χ3n) is 3.21. The van der Waals surface area contributed by atoms with Crippen molar-refractivity contribution >= 4 is 0 Å². The Bertz CT molecular complexity index is 478. The van der Waals surface area contributed by atoms with E-state index in [0.29, 0.717) is 6.54 Å². The van der Waals surface area contributed by atoms with Crippen LogP contribution < -0.4 is 10.5 Å². The average molecular weight is 255 g/mol. The number of hydrogen-bond donors (Lipinski definition) is 1. The Balaban J connectivity index is 2.06. The van der Waals surface area contributed by atoms with E-state index < -0.39 is 0 Å². The molecule has 0 bridgehead atoms. The van der Waals surface area contributed by atoms with Crippen LogP contribution in [0.3, 0.4) is 0 Å². The molecule has 0 aliphatic rings. The molecule has 0 saturated carbocycles. The van der Waals surface area contributed by atoms with Gasteiger partial charge in [-0.2, -0.15) is 0 Å². The van der Waals surface area contributed by atoms with E-state index in [2.05, 4.69) is 31.2 Å². The molecule has 2 aromatic rings. The van der Waals surface area contributed by atoms with E-state index in [1.807, 2.05) is 30.3 Å². The molecule has 0 spiro atoms. The van der Waals surface area contributed by atoms with Gasteiger partial charge in [-0.1, -0.05) is 49.4 Å². The van der Waals surface area contributed by atoms with Gasteiger partial charge in [0.2, 0.25) is 0 Å². The van der Waals surface area contributed by atoms with Crippen LogP contribution in [0.15, 0.2) is 54.6 Å². The summed E-state index contributed by atoms with van der Waals surface area (Å²) in [5, 5.41) is 0. The zero-order valence-electron chi connectivity index (χ0n) is 11.4. The molecule has 2 aromatic carbocycles. The fourth-order valence-electron chi connectivity index (χ4n) is 2.08. The highest BCUT2D eigenvalue weighted by Gasteiger charge is 2.06. The van der Waals surface area contributed by atoms with Crippen LogP contribution in [-0.2, 0) is 0 Å². The number of nitrogens with two attached hydrogens (primary N) is 1. The summed E-state index contributed by atoms with van der Waals surface area (Å²) in [5.41, 5.74) is 8.01. The van der Waals surface area contributed by atoms with E-state index in [0.717, 1.165) is 18.6 Å². The Kier molecular flexibility index (Phi) is 4.99. The van der Waals surface area contributed by atoms with Crippen molar-refractivity contribution in [1.82, 2.24) is 0 Å². The van der Waals surface area contributed by atoms with Gasteiger partial charge < -0.3 is 10.5 Å². The fraction of sp³-hybridized carbons (Fsp3) is 0.294. The maximum Gasteiger partial charge on any atom is 0.119 e.